The summed E-state index contributed by atoms with van der Waals surface area (Å²) in [4.78, 5) is 8.04. The number of rotatable bonds is 1. The van der Waals surface area contributed by atoms with Crippen LogP contribution in [0.1, 0.15) is 11.1 Å². The van der Waals surface area contributed by atoms with Crippen LogP contribution < -0.4 is 0 Å². The minimum Gasteiger partial charge on any atom is -0.236 e. The molecule has 2 aromatic rings. The van der Waals surface area contributed by atoms with Crippen LogP contribution in [0.4, 0.5) is 0 Å². The molecule has 1 aromatic carbocycles. The number of hydrogen-bond acceptors (Lipinski definition) is 2. The second kappa shape index (κ2) is 3.99. The van der Waals surface area contributed by atoms with Crippen LogP contribution in [0.5, 0.6) is 0 Å². The molecule has 76 valence electrons. The molecule has 0 N–H and O–H groups in total. The summed E-state index contributed by atoms with van der Waals surface area (Å²) < 4.78 is 0. The maximum atomic E-state index is 5.81. The average molecular weight is 219 g/mol. The SMILES string of the molecule is Cc1ccc(-c2cc(Cl)ncn2)cc1C. The van der Waals surface area contributed by atoms with Crippen molar-refractivity contribution in [3.63, 3.8) is 0 Å². The third-order valence-corrected chi connectivity index (χ3v) is 2.64. The summed E-state index contributed by atoms with van der Waals surface area (Å²) >= 11 is 5.81. The summed E-state index contributed by atoms with van der Waals surface area (Å²) in [5, 5.41) is 0.471. The molecular weight excluding hydrogens is 208 g/mol. The van der Waals surface area contributed by atoms with E-state index in [0.717, 1.165) is 11.3 Å². The van der Waals surface area contributed by atoms with Gasteiger partial charge in [0.2, 0.25) is 0 Å². The highest BCUT2D eigenvalue weighted by Gasteiger charge is 2.01. The Morgan fingerprint density at radius 1 is 1.00 bits per heavy atom. The van der Waals surface area contributed by atoms with Gasteiger partial charge < -0.3 is 0 Å². The minimum atomic E-state index is 0.471. The van der Waals surface area contributed by atoms with Crippen LogP contribution in [0.15, 0.2) is 30.6 Å². The topological polar surface area (TPSA) is 25.8 Å². The van der Waals surface area contributed by atoms with E-state index in [1.165, 1.54) is 17.5 Å². The lowest BCUT2D eigenvalue weighted by Crippen LogP contribution is -1.87. The molecule has 0 saturated heterocycles. The van der Waals surface area contributed by atoms with Gasteiger partial charge in [-0.1, -0.05) is 23.7 Å². The van der Waals surface area contributed by atoms with E-state index in [2.05, 4.69) is 35.9 Å². The molecule has 0 bridgehead atoms. The summed E-state index contributed by atoms with van der Waals surface area (Å²) in [5.41, 5.74) is 4.46. The first kappa shape index (κ1) is 10.1. The molecular formula is C12H11ClN2. The Balaban J connectivity index is 2.50. The van der Waals surface area contributed by atoms with Crippen LogP contribution in [-0.2, 0) is 0 Å². The Labute approximate surface area is 94.0 Å². The molecule has 0 radical (unpaired) electrons. The summed E-state index contributed by atoms with van der Waals surface area (Å²) in [7, 11) is 0. The van der Waals surface area contributed by atoms with Crippen LogP contribution in [0.25, 0.3) is 11.3 Å². The van der Waals surface area contributed by atoms with E-state index in [0.29, 0.717) is 5.15 Å². The lowest BCUT2D eigenvalue weighted by molar-refractivity contribution is 1.17. The molecule has 2 nitrogen and oxygen atoms in total. The fourth-order valence-electron chi connectivity index (χ4n) is 1.39. The second-order valence-electron chi connectivity index (χ2n) is 3.53. The summed E-state index contributed by atoms with van der Waals surface area (Å²) in [6.07, 6.45) is 1.48. The molecule has 0 unspecified atom stereocenters. The Morgan fingerprint density at radius 2 is 1.80 bits per heavy atom. The van der Waals surface area contributed by atoms with Gasteiger partial charge in [-0.25, -0.2) is 9.97 Å². The maximum absolute atomic E-state index is 5.81. The summed E-state index contributed by atoms with van der Waals surface area (Å²) in [6, 6.07) is 8.00. The van der Waals surface area contributed by atoms with Crippen molar-refractivity contribution in [3.05, 3.63) is 46.9 Å². The largest absolute Gasteiger partial charge is 0.236 e. The van der Waals surface area contributed by atoms with Gasteiger partial charge in [-0.3, -0.25) is 0 Å². The molecule has 0 amide bonds. The third kappa shape index (κ3) is 2.16. The van der Waals surface area contributed by atoms with E-state index >= 15 is 0 Å². The first-order valence-electron chi connectivity index (χ1n) is 4.72. The highest BCUT2D eigenvalue weighted by Crippen LogP contribution is 2.21. The Kier molecular flexibility index (Phi) is 2.69. The van der Waals surface area contributed by atoms with Crippen molar-refractivity contribution in [1.29, 1.82) is 0 Å². The van der Waals surface area contributed by atoms with E-state index in [9.17, 15) is 0 Å². The normalized spacial score (nSPS) is 10.3. The van der Waals surface area contributed by atoms with E-state index in [1.807, 2.05) is 6.07 Å². The predicted molar refractivity (Wildman–Crippen MR) is 62.0 cm³/mol. The Bertz CT molecular complexity index is 495. The molecule has 2 rings (SSSR count). The molecule has 15 heavy (non-hydrogen) atoms. The van der Waals surface area contributed by atoms with Crippen molar-refractivity contribution in [2.75, 3.05) is 0 Å². The van der Waals surface area contributed by atoms with Crippen LogP contribution in [0.2, 0.25) is 5.15 Å². The molecule has 1 heterocycles. The lowest BCUT2D eigenvalue weighted by Gasteiger charge is -2.04. The van der Waals surface area contributed by atoms with Crippen molar-refractivity contribution < 1.29 is 0 Å². The van der Waals surface area contributed by atoms with Crippen LogP contribution >= 0.6 is 11.6 Å². The quantitative estimate of drug-likeness (QED) is 0.686. The van der Waals surface area contributed by atoms with E-state index in [1.54, 1.807) is 6.07 Å². The number of halogens is 1. The molecule has 1 aromatic heterocycles. The second-order valence-corrected chi connectivity index (χ2v) is 3.91. The predicted octanol–water partition coefficient (Wildman–Crippen LogP) is 3.41. The molecule has 0 aliphatic carbocycles. The van der Waals surface area contributed by atoms with Gasteiger partial charge in [0, 0.05) is 11.6 Å². The van der Waals surface area contributed by atoms with Gasteiger partial charge in [-0.2, -0.15) is 0 Å². The van der Waals surface area contributed by atoms with Crippen LogP contribution in [-0.4, -0.2) is 9.97 Å². The average Bonchev–Trinajstić information content (AvgIpc) is 2.22. The first-order valence-corrected chi connectivity index (χ1v) is 5.10. The highest BCUT2D eigenvalue weighted by molar-refractivity contribution is 6.29. The summed E-state index contributed by atoms with van der Waals surface area (Å²) in [6.45, 7) is 4.17. The molecule has 0 atom stereocenters. The Morgan fingerprint density at radius 3 is 2.47 bits per heavy atom. The molecule has 3 heteroatoms. The highest BCUT2D eigenvalue weighted by atomic mass is 35.5. The monoisotopic (exact) mass is 218 g/mol. The molecule has 0 aliphatic heterocycles. The zero-order valence-corrected chi connectivity index (χ0v) is 9.42. The van der Waals surface area contributed by atoms with Crippen molar-refractivity contribution in [3.8, 4) is 11.3 Å². The minimum absolute atomic E-state index is 0.471. The maximum Gasteiger partial charge on any atom is 0.133 e. The van der Waals surface area contributed by atoms with E-state index in [-0.39, 0.29) is 0 Å². The van der Waals surface area contributed by atoms with Gasteiger partial charge in [0.1, 0.15) is 11.5 Å². The third-order valence-electron chi connectivity index (χ3n) is 2.44. The van der Waals surface area contributed by atoms with E-state index in [4.69, 9.17) is 11.6 Å². The number of nitrogens with zero attached hydrogens (tertiary/aromatic N) is 2. The van der Waals surface area contributed by atoms with Gasteiger partial charge in [0.15, 0.2) is 0 Å². The fourth-order valence-corrected chi connectivity index (χ4v) is 1.54. The smallest absolute Gasteiger partial charge is 0.133 e. The number of hydrogen-bond donors (Lipinski definition) is 0. The van der Waals surface area contributed by atoms with Crippen molar-refractivity contribution in [1.82, 2.24) is 9.97 Å². The van der Waals surface area contributed by atoms with E-state index < -0.39 is 0 Å². The number of aryl methyl sites for hydroxylation is 2. The van der Waals surface area contributed by atoms with Crippen molar-refractivity contribution in [2.45, 2.75) is 13.8 Å². The number of aromatic nitrogens is 2. The Hall–Kier alpha value is -1.41. The van der Waals surface area contributed by atoms with Gasteiger partial charge in [0.25, 0.3) is 0 Å². The van der Waals surface area contributed by atoms with Gasteiger partial charge in [-0.15, -0.1) is 0 Å². The van der Waals surface area contributed by atoms with Crippen LogP contribution in [0.3, 0.4) is 0 Å². The summed E-state index contributed by atoms with van der Waals surface area (Å²) in [5.74, 6) is 0. The zero-order valence-electron chi connectivity index (χ0n) is 8.66. The van der Waals surface area contributed by atoms with Crippen molar-refractivity contribution in [2.24, 2.45) is 0 Å². The van der Waals surface area contributed by atoms with Gasteiger partial charge in [0.05, 0.1) is 5.69 Å². The zero-order chi connectivity index (χ0) is 10.8. The molecule has 0 fully saturated rings. The lowest BCUT2D eigenvalue weighted by atomic mass is 10.0. The van der Waals surface area contributed by atoms with Gasteiger partial charge in [-0.05, 0) is 31.0 Å². The van der Waals surface area contributed by atoms with Gasteiger partial charge >= 0.3 is 0 Å². The molecule has 0 aliphatic rings. The molecule has 0 spiro atoms. The van der Waals surface area contributed by atoms with Crippen molar-refractivity contribution >= 4 is 11.6 Å². The number of benzene rings is 1. The van der Waals surface area contributed by atoms with Crippen LogP contribution in [0, 0.1) is 13.8 Å². The fraction of sp³-hybridized carbons (Fsp3) is 0.167. The standard InChI is InChI=1S/C12H11ClN2/c1-8-3-4-10(5-9(8)2)11-6-12(13)15-7-14-11/h3-7H,1-2H3. The first-order chi connectivity index (χ1) is 7.16. The molecule has 0 saturated carbocycles.